The van der Waals surface area contributed by atoms with Gasteiger partial charge in [-0.3, -0.25) is 4.90 Å². The molecule has 0 aromatic carbocycles. The Morgan fingerprint density at radius 1 is 1.67 bits per heavy atom. The maximum Gasteiger partial charge on any atom is 0.0801 e. The number of rotatable bonds is 0. The van der Waals surface area contributed by atoms with E-state index in [9.17, 15) is 0 Å². The molecule has 0 N–H and O–H groups in total. The van der Waals surface area contributed by atoms with Gasteiger partial charge in [0.2, 0.25) is 0 Å². The molecule has 1 saturated heterocycles. The molecule has 9 heavy (non-hydrogen) atoms. The molecule has 52 valence electrons. The van der Waals surface area contributed by atoms with E-state index in [0.29, 0.717) is 26.3 Å². The number of halogens is 1. The van der Waals surface area contributed by atoms with Gasteiger partial charge in [-0.15, -0.1) is 20.7 Å². The summed E-state index contributed by atoms with van der Waals surface area (Å²) in [5.41, 5.74) is 0.479. The van der Waals surface area contributed by atoms with Crippen molar-refractivity contribution in [3.05, 3.63) is 0 Å². The largest absolute Gasteiger partial charge is 0.377 e. The Labute approximate surface area is 64.9 Å². The van der Waals surface area contributed by atoms with E-state index in [1.165, 1.54) is 4.43 Å². The average molecular weight is 239 g/mol. The van der Waals surface area contributed by atoms with Crippen molar-refractivity contribution in [3.63, 3.8) is 0 Å². The predicted molar refractivity (Wildman–Crippen MR) is 46.3 cm³/mol. The molecule has 0 amide bonds. The molecule has 0 aromatic rings. The van der Waals surface area contributed by atoms with Crippen LogP contribution in [0.4, 0.5) is 0 Å². The summed E-state index contributed by atoms with van der Waals surface area (Å²) < 4.78 is 8.97. The lowest BCUT2D eigenvalue weighted by molar-refractivity contribution is -0.0912. The van der Waals surface area contributed by atoms with E-state index >= 15 is 0 Å². The standard InChI is InChI=1S/C6H10INO/c1-8-5-7-2-6(8)3-9-4-6/h5H,2-4H2,1H3. The number of hydrogen-bond donors (Lipinski definition) is 0. The van der Waals surface area contributed by atoms with Crippen LogP contribution in [0, 0.1) is 0 Å². The fraction of sp³-hybridized carbons (Fsp3) is 0.833. The molecule has 0 unspecified atom stereocenters. The average Bonchev–Trinajstić information content (AvgIpc) is 2.07. The van der Waals surface area contributed by atoms with Gasteiger partial charge >= 0.3 is 0 Å². The van der Waals surface area contributed by atoms with Gasteiger partial charge in [0.05, 0.1) is 18.8 Å². The Morgan fingerprint density at radius 3 is 2.67 bits per heavy atom. The lowest BCUT2D eigenvalue weighted by Gasteiger charge is -2.42. The first-order chi connectivity index (χ1) is 4.33. The minimum atomic E-state index is 0.378. The SMILES string of the molecule is CN1C=ICC12COC2. The topological polar surface area (TPSA) is 12.5 Å². The van der Waals surface area contributed by atoms with Gasteiger partial charge < -0.3 is 4.74 Å². The molecule has 2 nitrogen and oxygen atoms in total. The van der Waals surface area contributed by atoms with Crippen molar-refractivity contribution < 1.29 is 4.74 Å². The minimum absolute atomic E-state index is 0.378. The van der Waals surface area contributed by atoms with Crippen molar-refractivity contribution in [1.29, 1.82) is 0 Å². The third kappa shape index (κ3) is 0.782. The second kappa shape index (κ2) is 2.00. The summed E-state index contributed by atoms with van der Waals surface area (Å²) in [6.07, 6.45) is 0. The Balaban J connectivity index is 2.13. The molecule has 2 heterocycles. The quantitative estimate of drug-likeness (QED) is 0.449. The summed E-state index contributed by atoms with van der Waals surface area (Å²) in [5.74, 6) is 0. The molecule has 1 fully saturated rings. The molecule has 0 aliphatic carbocycles. The van der Waals surface area contributed by atoms with Gasteiger partial charge in [0.1, 0.15) is 0 Å². The lowest BCUT2D eigenvalue weighted by Crippen LogP contribution is -2.59. The van der Waals surface area contributed by atoms with Crippen LogP contribution in [0.5, 0.6) is 0 Å². The van der Waals surface area contributed by atoms with Crippen molar-refractivity contribution in [2.45, 2.75) is 5.54 Å². The van der Waals surface area contributed by atoms with E-state index in [2.05, 4.69) is 16.1 Å². The molecule has 1 spiro atoms. The first-order valence-corrected chi connectivity index (χ1v) is 5.82. The Morgan fingerprint density at radius 2 is 2.44 bits per heavy atom. The van der Waals surface area contributed by atoms with Gasteiger partial charge in [0, 0.05) is 8.56 Å². The van der Waals surface area contributed by atoms with Crippen LogP contribution in [-0.4, -0.2) is 39.3 Å². The highest BCUT2D eigenvalue weighted by atomic mass is 127. The molecule has 2 aliphatic heterocycles. The van der Waals surface area contributed by atoms with Crippen LogP contribution in [0.15, 0.2) is 0 Å². The van der Waals surface area contributed by atoms with Crippen LogP contribution >= 0.6 is 20.7 Å². The van der Waals surface area contributed by atoms with Gasteiger partial charge in [-0.2, -0.15) is 0 Å². The van der Waals surface area contributed by atoms with Gasteiger partial charge in [-0.1, -0.05) is 0 Å². The molecule has 0 saturated carbocycles. The molecule has 3 heteroatoms. The highest BCUT2D eigenvalue weighted by Gasteiger charge is 2.43. The number of nitrogens with zero attached hydrogens (tertiary/aromatic N) is 1. The summed E-state index contributed by atoms with van der Waals surface area (Å²) in [6, 6.07) is 0. The van der Waals surface area contributed by atoms with Gasteiger partial charge in [-0.25, -0.2) is 0 Å². The molecule has 0 radical (unpaired) electrons. The third-order valence-electron chi connectivity index (χ3n) is 2.03. The monoisotopic (exact) mass is 239 g/mol. The Bertz CT molecular complexity index is 153. The van der Waals surface area contributed by atoms with Gasteiger partial charge in [-0.05, 0) is 7.05 Å². The van der Waals surface area contributed by atoms with Crippen LogP contribution in [-0.2, 0) is 4.74 Å². The van der Waals surface area contributed by atoms with Gasteiger partial charge in [0.15, 0.2) is 0 Å². The summed E-state index contributed by atoms with van der Waals surface area (Å²) in [4.78, 5) is 2.36. The third-order valence-corrected chi connectivity index (χ3v) is 5.12. The van der Waals surface area contributed by atoms with E-state index < -0.39 is 0 Å². The van der Waals surface area contributed by atoms with Crippen molar-refractivity contribution in [2.75, 3.05) is 24.7 Å². The summed E-state index contributed by atoms with van der Waals surface area (Å²) in [7, 11) is 2.18. The normalized spacial score (nSPS) is 32.1. The number of ether oxygens (including phenoxy) is 1. The molecule has 0 bridgehead atoms. The fourth-order valence-electron chi connectivity index (χ4n) is 1.10. The number of alkyl halides is 1. The first-order valence-electron chi connectivity index (χ1n) is 3.05. The first kappa shape index (κ1) is 6.24. The molecule has 0 atom stereocenters. The maximum atomic E-state index is 5.19. The second-order valence-corrected chi connectivity index (χ2v) is 4.91. The van der Waals surface area contributed by atoms with Crippen molar-refractivity contribution in [2.24, 2.45) is 0 Å². The maximum absolute atomic E-state index is 5.19. The van der Waals surface area contributed by atoms with Crippen LogP contribution in [0.2, 0.25) is 0 Å². The summed E-state index contributed by atoms with van der Waals surface area (Å²) in [5, 5.41) is 0. The lowest BCUT2D eigenvalue weighted by atomic mass is 10.00. The highest BCUT2D eigenvalue weighted by Crippen LogP contribution is 2.31. The van der Waals surface area contributed by atoms with E-state index in [-0.39, 0.29) is 0 Å². The molecule has 0 aromatic heterocycles. The Kier molecular flexibility index (Phi) is 1.39. The zero-order chi connectivity index (χ0) is 6.32. The fourth-order valence-corrected chi connectivity index (χ4v) is 4.27. The van der Waals surface area contributed by atoms with Crippen molar-refractivity contribution in [1.82, 2.24) is 4.90 Å². The zero-order valence-corrected chi connectivity index (χ0v) is 7.59. The van der Waals surface area contributed by atoms with Crippen molar-refractivity contribution >= 4 is 24.9 Å². The smallest absolute Gasteiger partial charge is 0.0801 e. The molecule has 2 rings (SSSR count). The number of hydrogen-bond acceptors (Lipinski definition) is 2. The van der Waals surface area contributed by atoms with E-state index in [4.69, 9.17) is 4.74 Å². The summed E-state index contributed by atoms with van der Waals surface area (Å²) in [6.45, 7) is 1.94. The highest BCUT2D eigenvalue weighted by molar-refractivity contribution is 14.2. The molecular weight excluding hydrogens is 229 g/mol. The Hall–Kier alpha value is 0.520. The molecule has 2 aliphatic rings. The van der Waals surface area contributed by atoms with Crippen LogP contribution in [0.1, 0.15) is 0 Å². The van der Waals surface area contributed by atoms with E-state index in [0.717, 1.165) is 13.2 Å². The van der Waals surface area contributed by atoms with E-state index in [1.54, 1.807) is 0 Å². The second-order valence-electron chi connectivity index (χ2n) is 2.71. The number of likely N-dealkylation sites (N-methyl/N-ethyl adjacent to an activating group) is 1. The van der Waals surface area contributed by atoms with Gasteiger partial charge in [0.25, 0.3) is 0 Å². The predicted octanol–water partition coefficient (Wildman–Crippen LogP) is 0.431. The molecular formula is C6H10INO. The van der Waals surface area contributed by atoms with Crippen LogP contribution in [0.25, 0.3) is 0 Å². The summed E-state index contributed by atoms with van der Waals surface area (Å²) >= 11 is 0.378. The van der Waals surface area contributed by atoms with E-state index in [1.807, 2.05) is 0 Å². The minimum Gasteiger partial charge on any atom is -0.377 e. The zero-order valence-electron chi connectivity index (χ0n) is 5.43. The van der Waals surface area contributed by atoms with Crippen LogP contribution in [0.3, 0.4) is 0 Å². The van der Waals surface area contributed by atoms with Crippen LogP contribution < -0.4 is 0 Å². The van der Waals surface area contributed by atoms with Crippen molar-refractivity contribution in [3.8, 4) is 0 Å².